The highest BCUT2D eigenvalue weighted by atomic mass is 35.5. The topological polar surface area (TPSA) is 50.2 Å². The van der Waals surface area contributed by atoms with E-state index in [4.69, 9.17) is 39.9 Å². The van der Waals surface area contributed by atoms with Crippen molar-refractivity contribution in [3.8, 4) is 11.1 Å². The van der Waals surface area contributed by atoms with E-state index in [-0.39, 0.29) is 10.7 Å². The van der Waals surface area contributed by atoms with Gasteiger partial charge in [-0.15, -0.1) is 0 Å². The Morgan fingerprint density at radius 3 is 2.50 bits per heavy atom. The van der Waals surface area contributed by atoms with Gasteiger partial charge in [0.1, 0.15) is 0 Å². The average Bonchev–Trinajstić information content (AvgIpc) is 2.32. The van der Waals surface area contributed by atoms with Crippen LogP contribution in [0.5, 0.6) is 0 Å². The van der Waals surface area contributed by atoms with Gasteiger partial charge in [-0.05, 0) is 12.1 Å². The van der Waals surface area contributed by atoms with Gasteiger partial charge in [0.2, 0.25) is 0 Å². The number of carbonyl (C=O) groups is 1. The summed E-state index contributed by atoms with van der Waals surface area (Å²) < 4.78 is 0. The molecule has 1 aromatic carbocycles. The van der Waals surface area contributed by atoms with Crippen LogP contribution < -0.4 is 0 Å². The van der Waals surface area contributed by atoms with Crippen molar-refractivity contribution in [1.82, 2.24) is 4.98 Å². The minimum atomic E-state index is -1.18. The number of hydrogen-bond acceptors (Lipinski definition) is 2. The molecular weight excluding hydrogens is 296 g/mol. The van der Waals surface area contributed by atoms with Gasteiger partial charge in [-0.1, -0.05) is 46.9 Å². The first-order valence-corrected chi connectivity index (χ1v) is 5.97. The Balaban J connectivity index is 2.56. The van der Waals surface area contributed by atoms with Crippen molar-refractivity contribution in [3.05, 3.63) is 51.2 Å². The van der Waals surface area contributed by atoms with E-state index in [0.29, 0.717) is 21.2 Å². The largest absolute Gasteiger partial charge is 0.476 e. The summed E-state index contributed by atoms with van der Waals surface area (Å²) in [6.07, 6.45) is 1.40. The summed E-state index contributed by atoms with van der Waals surface area (Å²) in [5, 5.41) is 9.67. The number of pyridine rings is 1. The van der Waals surface area contributed by atoms with E-state index in [1.807, 2.05) is 0 Å². The Bertz CT molecular complexity index is 629. The number of rotatable bonds is 2. The van der Waals surface area contributed by atoms with Gasteiger partial charge < -0.3 is 5.11 Å². The Labute approximate surface area is 118 Å². The highest BCUT2D eigenvalue weighted by Gasteiger charge is 2.13. The zero-order valence-corrected chi connectivity index (χ0v) is 11.1. The molecule has 0 aliphatic heterocycles. The lowest BCUT2D eigenvalue weighted by Crippen LogP contribution is -2.01. The summed E-state index contributed by atoms with van der Waals surface area (Å²) >= 11 is 17.8. The van der Waals surface area contributed by atoms with Crippen molar-refractivity contribution in [2.75, 3.05) is 0 Å². The molecule has 0 spiro atoms. The van der Waals surface area contributed by atoms with Gasteiger partial charge in [0.25, 0.3) is 0 Å². The molecule has 0 saturated carbocycles. The minimum Gasteiger partial charge on any atom is -0.476 e. The molecular formula is C12H6Cl3NO2. The molecule has 2 aromatic rings. The van der Waals surface area contributed by atoms with Gasteiger partial charge >= 0.3 is 5.97 Å². The highest BCUT2D eigenvalue weighted by molar-refractivity contribution is 6.43. The van der Waals surface area contributed by atoms with Gasteiger partial charge in [0.05, 0.1) is 15.1 Å². The molecule has 0 unspecified atom stereocenters. The Morgan fingerprint density at radius 1 is 1.17 bits per heavy atom. The van der Waals surface area contributed by atoms with Crippen molar-refractivity contribution in [1.29, 1.82) is 0 Å². The fraction of sp³-hybridized carbons (Fsp3) is 0. The van der Waals surface area contributed by atoms with Gasteiger partial charge in [-0.3, -0.25) is 0 Å². The third-order valence-corrected chi connectivity index (χ3v) is 3.41. The maximum absolute atomic E-state index is 10.8. The normalized spacial score (nSPS) is 10.4. The predicted molar refractivity (Wildman–Crippen MR) is 71.7 cm³/mol. The van der Waals surface area contributed by atoms with Crippen molar-refractivity contribution in [3.63, 3.8) is 0 Å². The minimum absolute atomic E-state index is 0.0519. The Hall–Kier alpha value is -1.29. The molecule has 6 heteroatoms. The first kappa shape index (κ1) is 13.1. The maximum Gasteiger partial charge on any atom is 0.356 e. The lowest BCUT2D eigenvalue weighted by atomic mass is 10.1. The smallest absolute Gasteiger partial charge is 0.356 e. The molecule has 3 nitrogen and oxygen atoms in total. The highest BCUT2D eigenvalue weighted by Crippen LogP contribution is 2.34. The second-order valence-corrected chi connectivity index (χ2v) is 4.65. The molecule has 0 amide bonds. The second kappa shape index (κ2) is 5.14. The molecule has 1 heterocycles. The number of carboxylic acid groups (broad SMARTS) is 1. The third-order valence-electron chi connectivity index (χ3n) is 2.31. The van der Waals surface area contributed by atoms with Crippen LogP contribution in [0.3, 0.4) is 0 Å². The second-order valence-electron chi connectivity index (χ2n) is 3.46. The predicted octanol–water partition coefficient (Wildman–Crippen LogP) is 4.41. The molecule has 92 valence electrons. The van der Waals surface area contributed by atoms with Gasteiger partial charge in [0.15, 0.2) is 5.69 Å². The first-order valence-electron chi connectivity index (χ1n) is 4.84. The molecule has 1 N–H and O–H groups in total. The van der Waals surface area contributed by atoms with E-state index in [1.54, 1.807) is 18.2 Å². The van der Waals surface area contributed by atoms with Gasteiger partial charge in [0, 0.05) is 17.3 Å². The number of halogens is 3. The molecule has 0 atom stereocenters. The van der Waals surface area contributed by atoms with Crippen LogP contribution in [0.4, 0.5) is 0 Å². The molecule has 0 fully saturated rings. The third kappa shape index (κ3) is 2.43. The van der Waals surface area contributed by atoms with Crippen LogP contribution in [-0.4, -0.2) is 16.1 Å². The lowest BCUT2D eigenvalue weighted by molar-refractivity contribution is 0.0691. The number of aromatic nitrogens is 1. The van der Waals surface area contributed by atoms with Crippen molar-refractivity contribution >= 4 is 40.8 Å². The standard InChI is InChI=1S/C12H6Cl3NO2/c13-8-3-1-2-7(10(8)15)6-4-9(14)11(12(17)18)16-5-6/h1-5H,(H,17,18). The first-order chi connectivity index (χ1) is 8.50. The van der Waals surface area contributed by atoms with E-state index >= 15 is 0 Å². The zero-order valence-electron chi connectivity index (χ0n) is 8.82. The molecule has 1 aromatic heterocycles. The summed E-state index contributed by atoms with van der Waals surface area (Å²) in [6.45, 7) is 0. The summed E-state index contributed by atoms with van der Waals surface area (Å²) in [6, 6.07) is 6.65. The zero-order chi connectivity index (χ0) is 13.3. The maximum atomic E-state index is 10.8. The number of carboxylic acids is 1. The number of hydrogen-bond donors (Lipinski definition) is 1. The van der Waals surface area contributed by atoms with Crippen LogP contribution in [0.2, 0.25) is 15.1 Å². The fourth-order valence-corrected chi connectivity index (χ4v) is 2.13. The van der Waals surface area contributed by atoms with E-state index in [2.05, 4.69) is 4.98 Å². The summed E-state index contributed by atoms with van der Waals surface area (Å²) in [7, 11) is 0. The van der Waals surface area contributed by atoms with Crippen LogP contribution >= 0.6 is 34.8 Å². The Kier molecular flexibility index (Phi) is 3.76. The molecule has 18 heavy (non-hydrogen) atoms. The van der Waals surface area contributed by atoms with Crippen LogP contribution in [-0.2, 0) is 0 Å². The number of nitrogens with zero attached hydrogens (tertiary/aromatic N) is 1. The van der Waals surface area contributed by atoms with Crippen molar-refractivity contribution in [2.45, 2.75) is 0 Å². The fourth-order valence-electron chi connectivity index (χ4n) is 1.47. The van der Waals surface area contributed by atoms with Gasteiger partial charge in [-0.25, -0.2) is 9.78 Å². The molecule has 0 aliphatic rings. The van der Waals surface area contributed by atoms with Crippen LogP contribution in [0.15, 0.2) is 30.5 Å². The molecule has 0 radical (unpaired) electrons. The molecule has 0 bridgehead atoms. The number of benzene rings is 1. The average molecular weight is 303 g/mol. The van der Waals surface area contributed by atoms with E-state index in [0.717, 1.165) is 0 Å². The number of aromatic carboxylic acids is 1. The molecule has 2 rings (SSSR count). The quantitative estimate of drug-likeness (QED) is 0.894. The van der Waals surface area contributed by atoms with Gasteiger partial charge in [-0.2, -0.15) is 0 Å². The lowest BCUT2D eigenvalue weighted by Gasteiger charge is -2.07. The van der Waals surface area contributed by atoms with Crippen LogP contribution in [0.1, 0.15) is 10.5 Å². The molecule has 0 aliphatic carbocycles. The van der Waals surface area contributed by atoms with Crippen LogP contribution in [0.25, 0.3) is 11.1 Å². The van der Waals surface area contributed by atoms with E-state index in [1.165, 1.54) is 12.3 Å². The monoisotopic (exact) mass is 301 g/mol. The van der Waals surface area contributed by atoms with E-state index in [9.17, 15) is 4.79 Å². The van der Waals surface area contributed by atoms with Crippen LogP contribution in [0, 0.1) is 0 Å². The van der Waals surface area contributed by atoms with Crippen molar-refractivity contribution in [2.24, 2.45) is 0 Å². The summed E-state index contributed by atoms with van der Waals surface area (Å²) in [5.74, 6) is -1.18. The SMILES string of the molecule is O=C(O)c1ncc(-c2cccc(Cl)c2Cl)cc1Cl. The Morgan fingerprint density at radius 2 is 1.89 bits per heavy atom. The van der Waals surface area contributed by atoms with Crippen molar-refractivity contribution < 1.29 is 9.90 Å². The summed E-state index contributed by atoms with van der Waals surface area (Å²) in [5.41, 5.74) is 1.06. The summed E-state index contributed by atoms with van der Waals surface area (Å²) in [4.78, 5) is 14.6. The molecule has 0 saturated heterocycles. The van der Waals surface area contributed by atoms with E-state index < -0.39 is 5.97 Å².